The van der Waals surface area contributed by atoms with Crippen molar-refractivity contribution in [3.63, 3.8) is 0 Å². The molecule has 9 heteroatoms. The highest BCUT2D eigenvalue weighted by Gasteiger charge is 2.68. The molecule has 1 aliphatic heterocycles. The van der Waals surface area contributed by atoms with Gasteiger partial charge in [0, 0.05) is 11.5 Å². The summed E-state index contributed by atoms with van der Waals surface area (Å²) in [6, 6.07) is 9.48. The van der Waals surface area contributed by atoms with Crippen molar-refractivity contribution in [1.82, 2.24) is 0 Å². The van der Waals surface area contributed by atoms with Crippen LogP contribution in [0.1, 0.15) is 26.5 Å². The van der Waals surface area contributed by atoms with Gasteiger partial charge in [-0.15, -0.1) is 11.3 Å². The van der Waals surface area contributed by atoms with Crippen molar-refractivity contribution in [2.45, 2.75) is 17.4 Å². The number of hydrogen-bond donors (Lipinski definition) is 0. The Kier molecular flexibility index (Phi) is 5.18. The molecule has 2 aromatic rings. The van der Waals surface area contributed by atoms with E-state index in [1.165, 1.54) is 35.6 Å². The number of Topliss-reactive ketones (excluding diaryl/α,β-unsaturated/α-hetero) is 1. The molecule has 1 aromatic heterocycles. The molecule has 3 fully saturated rings. The average molecular weight is 505 g/mol. The van der Waals surface area contributed by atoms with Crippen LogP contribution in [0.15, 0.2) is 41.8 Å². The van der Waals surface area contributed by atoms with E-state index in [9.17, 15) is 19.2 Å². The van der Waals surface area contributed by atoms with Crippen molar-refractivity contribution in [3.8, 4) is 5.75 Å². The van der Waals surface area contributed by atoms with Gasteiger partial charge in [-0.2, -0.15) is 0 Å². The molecule has 1 saturated heterocycles. The van der Waals surface area contributed by atoms with E-state index >= 15 is 0 Å². The third-order valence-electron chi connectivity index (χ3n) is 6.25. The van der Waals surface area contributed by atoms with E-state index in [4.69, 9.17) is 14.2 Å². The Morgan fingerprint density at radius 1 is 1.13 bits per heavy atom. The molecule has 0 spiro atoms. The number of benzene rings is 1. The van der Waals surface area contributed by atoms with Gasteiger partial charge in [-0.05, 0) is 48.1 Å². The minimum atomic E-state index is -0.576. The highest BCUT2D eigenvalue weighted by Crippen LogP contribution is 2.60. The number of esters is 3. The van der Waals surface area contributed by atoms with Crippen LogP contribution in [0, 0.1) is 23.7 Å². The van der Waals surface area contributed by atoms with Crippen LogP contribution in [0.5, 0.6) is 5.75 Å². The summed E-state index contributed by atoms with van der Waals surface area (Å²) >= 11 is 4.83. The Labute approximate surface area is 189 Å². The fourth-order valence-corrected chi connectivity index (χ4v) is 6.51. The minimum Gasteiger partial charge on any atom is -0.461 e. The second-order valence-electron chi connectivity index (χ2n) is 7.88. The van der Waals surface area contributed by atoms with Crippen LogP contribution in [-0.2, 0) is 19.1 Å². The van der Waals surface area contributed by atoms with E-state index in [0.717, 1.165) is 6.42 Å². The molecule has 0 N–H and O–H groups in total. The Bertz CT molecular complexity index is 1050. The van der Waals surface area contributed by atoms with Crippen molar-refractivity contribution in [2.75, 3.05) is 6.61 Å². The normalized spacial score (nSPS) is 30.2. The molecule has 0 amide bonds. The zero-order valence-corrected chi connectivity index (χ0v) is 18.5. The molecule has 2 saturated carbocycles. The fourth-order valence-electron chi connectivity index (χ4n) is 4.87. The van der Waals surface area contributed by atoms with Crippen LogP contribution in [0.3, 0.4) is 0 Å². The monoisotopic (exact) mass is 504 g/mol. The maximum Gasteiger partial charge on any atom is 0.353 e. The quantitative estimate of drug-likeness (QED) is 0.257. The molecule has 6 atom stereocenters. The molecule has 160 valence electrons. The fraction of sp³-hybridized carbons (Fsp3) is 0.364. The lowest BCUT2D eigenvalue weighted by atomic mass is 9.80. The summed E-state index contributed by atoms with van der Waals surface area (Å²) in [7, 11) is 0. The van der Waals surface area contributed by atoms with Crippen LogP contribution in [0.4, 0.5) is 0 Å². The molecule has 2 bridgehead atoms. The third kappa shape index (κ3) is 3.49. The topological polar surface area (TPSA) is 96.0 Å². The summed E-state index contributed by atoms with van der Waals surface area (Å²) < 4.78 is 15.9. The number of thiophene rings is 1. The lowest BCUT2D eigenvalue weighted by molar-refractivity contribution is -0.154. The summed E-state index contributed by atoms with van der Waals surface area (Å²) in [4.78, 5) is 49.7. The van der Waals surface area contributed by atoms with E-state index in [1.807, 2.05) is 0 Å². The Morgan fingerprint density at radius 3 is 2.61 bits per heavy atom. The number of ketones is 1. The summed E-state index contributed by atoms with van der Waals surface area (Å²) in [5, 5.41) is 1.78. The molecule has 7 nitrogen and oxygen atoms in total. The predicted molar refractivity (Wildman–Crippen MR) is 112 cm³/mol. The van der Waals surface area contributed by atoms with Crippen LogP contribution < -0.4 is 4.74 Å². The first-order valence-corrected chi connectivity index (χ1v) is 11.6. The van der Waals surface area contributed by atoms with E-state index in [2.05, 4.69) is 15.9 Å². The highest BCUT2D eigenvalue weighted by atomic mass is 79.9. The van der Waals surface area contributed by atoms with Gasteiger partial charge in [-0.25, -0.2) is 4.79 Å². The van der Waals surface area contributed by atoms with Crippen molar-refractivity contribution in [2.24, 2.45) is 23.7 Å². The Hall–Kier alpha value is -2.52. The SMILES string of the molecule is O=C(COC(=O)[C@@H]1[C@H]2C[C@H]3[C@H](OC(=O)[C@@H]31)[C@@H]2Br)c1ccc(OC(=O)c2cccs2)cc1. The molecule has 1 aromatic carbocycles. The largest absolute Gasteiger partial charge is 0.461 e. The van der Waals surface area contributed by atoms with Gasteiger partial charge in [-0.1, -0.05) is 22.0 Å². The maximum absolute atomic E-state index is 12.7. The van der Waals surface area contributed by atoms with Crippen molar-refractivity contribution in [1.29, 1.82) is 0 Å². The van der Waals surface area contributed by atoms with Gasteiger partial charge < -0.3 is 14.2 Å². The first-order chi connectivity index (χ1) is 14.9. The lowest BCUT2D eigenvalue weighted by Gasteiger charge is -2.26. The van der Waals surface area contributed by atoms with Gasteiger partial charge in [-0.3, -0.25) is 14.4 Å². The number of ether oxygens (including phenoxy) is 3. The number of carbonyl (C=O) groups is 4. The minimum absolute atomic E-state index is 0.0219. The average Bonchev–Trinajstić information content (AvgIpc) is 3.52. The van der Waals surface area contributed by atoms with Gasteiger partial charge in [0.05, 0.1) is 16.7 Å². The predicted octanol–water partition coefficient (Wildman–Crippen LogP) is 3.26. The van der Waals surface area contributed by atoms with Crippen molar-refractivity contribution < 1.29 is 33.4 Å². The summed E-state index contributed by atoms with van der Waals surface area (Å²) in [6.07, 6.45) is 0.580. The van der Waals surface area contributed by atoms with E-state index in [1.54, 1.807) is 17.5 Å². The molecule has 2 heterocycles. The number of alkyl halides is 1. The van der Waals surface area contributed by atoms with Gasteiger partial charge in [0.1, 0.15) is 16.7 Å². The number of halogens is 1. The van der Waals surface area contributed by atoms with Crippen LogP contribution in [0.2, 0.25) is 0 Å². The zero-order valence-electron chi connectivity index (χ0n) is 16.1. The summed E-state index contributed by atoms with van der Waals surface area (Å²) in [5.74, 6) is -2.44. The Morgan fingerprint density at radius 2 is 1.90 bits per heavy atom. The van der Waals surface area contributed by atoms with E-state index < -0.39 is 30.4 Å². The second kappa shape index (κ2) is 7.87. The Balaban J connectivity index is 1.18. The van der Waals surface area contributed by atoms with Crippen LogP contribution >= 0.6 is 27.3 Å². The molecular formula is C22H17BrO7S. The first-order valence-electron chi connectivity index (χ1n) is 9.84. The van der Waals surface area contributed by atoms with Gasteiger partial charge in [0.2, 0.25) is 0 Å². The smallest absolute Gasteiger partial charge is 0.353 e. The van der Waals surface area contributed by atoms with Crippen molar-refractivity contribution in [3.05, 3.63) is 52.2 Å². The van der Waals surface area contributed by atoms with Crippen LogP contribution in [-0.4, -0.2) is 41.2 Å². The summed E-state index contributed by atoms with van der Waals surface area (Å²) in [6.45, 7) is -0.417. The molecule has 2 aliphatic carbocycles. The van der Waals surface area contributed by atoms with Gasteiger partial charge >= 0.3 is 17.9 Å². The molecule has 3 aliphatic rings. The third-order valence-corrected chi connectivity index (χ3v) is 8.30. The number of carbonyl (C=O) groups excluding carboxylic acids is 4. The number of hydrogen-bond acceptors (Lipinski definition) is 8. The molecule has 31 heavy (non-hydrogen) atoms. The zero-order chi connectivity index (χ0) is 21.7. The molecular weight excluding hydrogens is 488 g/mol. The summed E-state index contributed by atoms with van der Waals surface area (Å²) in [5.41, 5.74) is 0.329. The van der Waals surface area contributed by atoms with Crippen molar-refractivity contribution >= 4 is 51.0 Å². The van der Waals surface area contributed by atoms with Crippen LogP contribution in [0.25, 0.3) is 0 Å². The maximum atomic E-state index is 12.7. The van der Waals surface area contributed by atoms with Gasteiger partial charge in [0.25, 0.3) is 0 Å². The van der Waals surface area contributed by atoms with E-state index in [0.29, 0.717) is 16.2 Å². The molecule has 0 unspecified atom stereocenters. The lowest BCUT2D eigenvalue weighted by Crippen LogP contribution is -2.39. The second-order valence-corrected chi connectivity index (χ2v) is 9.89. The molecule has 0 radical (unpaired) electrons. The standard InChI is InChI=1S/C22H17BrO7S/c23-18-12-8-13-17(22(27)30-19(13)18)16(12)21(26)28-9-14(24)10-3-5-11(6-4-10)29-20(25)15-2-1-7-31-15/h1-7,12-13,16-19H,8-9H2/t12-,13-,16-,17+,18-,19+/m1/s1. The molecule has 5 rings (SSSR count). The number of fused-ring (bicyclic) bond motifs is 1. The van der Waals surface area contributed by atoms with Gasteiger partial charge in [0.15, 0.2) is 12.4 Å². The highest BCUT2D eigenvalue weighted by molar-refractivity contribution is 9.09. The first kappa shape index (κ1) is 20.4. The number of rotatable bonds is 6. The van der Waals surface area contributed by atoms with E-state index in [-0.39, 0.29) is 34.5 Å².